The molecule has 0 aliphatic rings. The van der Waals surface area contributed by atoms with Gasteiger partial charge in [-0.05, 0) is 36.1 Å². The van der Waals surface area contributed by atoms with Gasteiger partial charge < -0.3 is 25.8 Å². The van der Waals surface area contributed by atoms with Crippen LogP contribution in [0.15, 0.2) is 54.6 Å². The Balaban J connectivity index is 1.87. The van der Waals surface area contributed by atoms with Gasteiger partial charge in [-0.1, -0.05) is 56.3 Å². The van der Waals surface area contributed by atoms with E-state index in [2.05, 4.69) is 16.0 Å². The molecule has 2 rings (SSSR count). The summed E-state index contributed by atoms with van der Waals surface area (Å²) < 4.78 is 5.18. The molecule has 0 heterocycles. The number of anilines is 1. The van der Waals surface area contributed by atoms with Crippen LogP contribution >= 0.6 is 0 Å². The third-order valence-electron chi connectivity index (χ3n) is 4.59. The number of nitrogens with one attached hydrogen (secondary N) is 3. The van der Waals surface area contributed by atoms with Crippen LogP contribution in [0.4, 0.5) is 10.5 Å². The molecule has 2 aromatic rings. The summed E-state index contributed by atoms with van der Waals surface area (Å²) in [6.07, 6.45) is -0.709. The summed E-state index contributed by atoms with van der Waals surface area (Å²) in [5.74, 6) is -1.10. The topological polar surface area (TPSA) is 117 Å². The molecule has 0 unspecified atom stereocenters. The maximum absolute atomic E-state index is 12.7. The van der Waals surface area contributed by atoms with Crippen molar-refractivity contribution in [3.63, 3.8) is 0 Å². The van der Waals surface area contributed by atoms with Crippen molar-refractivity contribution in [3.8, 4) is 0 Å². The number of rotatable bonds is 9. The number of aliphatic hydroxyl groups excluding tert-OH is 1. The fraction of sp³-hybridized carbons (Fsp3) is 0.348. The van der Waals surface area contributed by atoms with Gasteiger partial charge in [-0.15, -0.1) is 0 Å². The zero-order valence-electron chi connectivity index (χ0n) is 17.9. The lowest BCUT2D eigenvalue weighted by Crippen LogP contribution is -2.53. The zero-order chi connectivity index (χ0) is 22.8. The highest BCUT2D eigenvalue weighted by atomic mass is 16.5. The molecule has 0 bridgehead atoms. The molecule has 0 spiro atoms. The van der Waals surface area contributed by atoms with Crippen LogP contribution in [-0.2, 0) is 27.5 Å². The summed E-state index contributed by atoms with van der Waals surface area (Å²) in [6.45, 7) is 5.13. The van der Waals surface area contributed by atoms with E-state index < -0.39 is 30.0 Å². The number of amides is 3. The predicted molar refractivity (Wildman–Crippen MR) is 117 cm³/mol. The van der Waals surface area contributed by atoms with Gasteiger partial charge in [-0.2, -0.15) is 0 Å². The normalized spacial score (nSPS) is 12.5. The molecule has 8 heteroatoms. The van der Waals surface area contributed by atoms with Gasteiger partial charge in [-0.3, -0.25) is 9.59 Å². The van der Waals surface area contributed by atoms with Crippen LogP contribution in [-0.4, -0.2) is 35.1 Å². The molecule has 0 aliphatic carbocycles. The third-order valence-corrected chi connectivity index (χ3v) is 4.59. The van der Waals surface area contributed by atoms with Crippen molar-refractivity contribution in [2.45, 2.75) is 46.1 Å². The van der Waals surface area contributed by atoms with Crippen LogP contribution in [0, 0.1) is 5.92 Å². The average molecular weight is 428 g/mol. The standard InChI is InChI=1S/C23H29N3O5/c1-15(2)20(26-23(30)31-14-18-7-5-4-6-8-18)22(29)24-16(3)21(28)25-19-11-9-17(13-27)10-12-19/h4-12,15-16,20,27H,13-14H2,1-3H3,(H,24,29)(H,25,28)(H,26,30)/t16-,20-/m0/s1. The van der Waals surface area contributed by atoms with E-state index >= 15 is 0 Å². The van der Waals surface area contributed by atoms with Crippen molar-refractivity contribution in [2.75, 3.05) is 5.32 Å². The Labute approximate surface area is 182 Å². The SMILES string of the molecule is CC(C)[C@H](NC(=O)OCc1ccccc1)C(=O)N[C@@H](C)C(=O)Nc1ccc(CO)cc1. The molecule has 8 nitrogen and oxygen atoms in total. The Morgan fingerprint density at radius 2 is 1.52 bits per heavy atom. The Morgan fingerprint density at radius 1 is 0.871 bits per heavy atom. The predicted octanol–water partition coefficient (Wildman–Crippen LogP) is 2.57. The molecule has 2 aromatic carbocycles. The minimum atomic E-state index is -0.859. The van der Waals surface area contributed by atoms with Gasteiger partial charge in [-0.25, -0.2) is 4.79 Å². The summed E-state index contributed by atoms with van der Waals surface area (Å²) in [5.41, 5.74) is 2.11. The molecule has 0 saturated carbocycles. The summed E-state index contributed by atoms with van der Waals surface area (Å²) in [7, 11) is 0. The Kier molecular flexibility index (Phi) is 9.02. The van der Waals surface area contributed by atoms with Crippen molar-refractivity contribution in [2.24, 2.45) is 5.92 Å². The van der Waals surface area contributed by atoms with Crippen LogP contribution < -0.4 is 16.0 Å². The second kappa shape index (κ2) is 11.7. The van der Waals surface area contributed by atoms with Gasteiger partial charge in [0.05, 0.1) is 6.61 Å². The number of benzene rings is 2. The van der Waals surface area contributed by atoms with Crippen LogP contribution in [0.1, 0.15) is 31.9 Å². The number of carbonyl (C=O) groups excluding carboxylic acids is 3. The van der Waals surface area contributed by atoms with Gasteiger partial charge >= 0.3 is 6.09 Å². The number of carbonyl (C=O) groups is 3. The molecule has 0 fully saturated rings. The van der Waals surface area contributed by atoms with Gasteiger partial charge in [0.25, 0.3) is 0 Å². The van der Waals surface area contributed by atoms with Crippen molar-refractivity contribution in [1.29, 1.82) is 0 Å². The first-order valence-corrected chi connectivity index (χ1v) is 10.1. The fourth-order valence-corrected chi connectivity index (χ4v) is 2.74. The lowest BCUT2D eigenvalue weighted by atomic mass is 10.0. The molecule has 2 atom stereocenters. The molecule has 166 valence electrons. The highest BCUT2D eigenvalue weighted by Crippen LogP contribution is 2.10. The molecule has 3 amide bonds. The van der Waals surface area contributed by atoms with Crippen LogP contribution in [0.2, 0.25) is 0 Å². The average Bonchev–Trinajstić information content (AvgIpc) is 2.76. The molecule has 0 saturated heterocycles. The Morgan fingerprint density at radius 3 is 2.10 bits per heavy atom. The minimum Gasteiger partial charge on any atom is -0.445 e. The molecular weight excluding hydrogens is 398 g/mol. The van der Waals surface area contributed by atoms with Gasteiger partial charge in [0, 0.05) is 5.69 Å². The van der Waals surface area contributed by atoms with Crippen molar-refractivity contribution < 1.29 is 24.2 Å². The maximum atomic E-state index is 12.7. The van der Waals surface area contributed by atoms with Crippen molar-refractivity contribution in [1.82, 2.24) is 10.6 Å². The summed E-state index contributed by atoms with van der Waals surface area (Å²) in [4.78, 5) is 37.2. The number of hydrogen-bond donors (Lipinski definition) is 4. The zero-order valence-corrected chi connectivity index (χ0v) is 17.9. The largest absolute Gasteiger partial charge is 0.445 e. The van der Waals surface area contributed by atoms with Crippen LogP contribution in [0.25, 0.3) is 0 Å². The molecule has 0 radical (unpaired) electrons. The second-order valence-electron chi connectivity index (χ2n) is 7.50. The molecule has 0 aromatic heterocycles. The third kappa shape index (κ3) is 7.75. The highest BCUT2D eigenvalue weighted by molar-refractivity contribution is 5.98. The van der Waals surface area contributed by atoms with E-state index in [-0.39, 0.29) is 19.1 Å². The van der Waals surface area contributed by atoms with Crippen molar-refractivity contribution in [3.05, 3.63) is 65.7 Å². The maximum Gasteiger partial charge on any atom is 0.408 e. The first-order valence-electron chi connectivity index (χ1n) is 10.1. The van der Waals surface area contributed by atoms with Crippen molar-refractivity contribution >= 4 is 23.6 Å². The highest BCUT2D eigenvalue weighted by Gasteiger charge is 2.27. The van der Waals surface area contributed by atoms with Crippen LogP contribution in [0.3, 0.4) is 0 Å². The van der Waals surface area contributed by atoms with E-state index in [1.54, 1.807) is 45.0 Å². The molecule has 4 N–H and O–H groups in total. The number of alkyl carbamates (subject to hydrolysis) is 1. The summed E-state index contributed by atoms with van der Waals surface area (Å²) >= 11 is 0. The first kappa shape index (κ1) is 23.9. The summed E-state index contributed by atoms with van der Waals surface area (Å²) in [6, 6.07) is 14.2. The Bertz CT molecular complexity index is 869. The monoisotopic (exact) mass is 427 g/mol. The number of hydrogen-bond acceptors (Lipinski definition) is 5. The lowest BCUT2D eigenvalue weighted by Gasteiger charge is -2.23. The fourth-order valence-electron chi connectivity index (χ4n) is 2.74. The second-order valence-corrected chi connectivity index (χ2v) is 7.50. The summed E-state index contributed by atoms with van der Waals surface area (Å²) in [5, 5.41) is 17.0. The number of aliphatic hydroxyl groups is 1. The first-order chi connectivity index (χ1) is 14.8. The smallest absolute Gasteiger partial charge is 0.408 e. The van der Waals surface area contributed by atoms with E-state index in [4.69, 9.17) is 9.84 Å². The van der Waals surface area contributed by atoms with Gasteiger partial charge in [0.2, 0.25) is 11.8 Å². The molecule has 31 heavy (non-hydrogen) atoms. The van der Waals surface area contributed by atoms with Crippen LogP contribution in [0.5, 0.6) is 0 Å². The Hall–Kier alpha value is -3.39. The van der Waals surface area contributed by atoms with E-state index in [1.807, 2.05) is 30.3 Å². The van der Waals surface area contributed by atoms with E-state index in [0.29, 0.717) is 5.69 Å². The quantitative estimate of drug-likeness (QED) is 0.491. The minimum absolute atomic E-state index is 0.0853. The molecular formula is C23H29N3O5. The van der Waals surface area contributed by atoms with E-state index in [9.17, 15) is 14.4 Å². The van der Waals surface area contributed by atoms with E-state index in [1.165, 1.54) is 0 Å². The lowest BCUT2D eigenvalue weighted by molar-refractivity contribution is -0.128. The number of ether oxygens (including phenoxy) is 1. The molecule has 0 aliphatic heterocycles. The van der Waals surface area contributed by atoms with Gasteiger partial charge in [0.1, 0.15) is 18.7 Å². The van der Waals surface area contributed by atoms with E-state index in [0.717, 1.165) is 11.1 Å². The van der Waals surface area contributed by atoms with Gasteiger partial charge in [0.15, 0.2) is 0 Å².